The molecule has 0 radical (unpaired) electrons. The van der Waals surface area contributed by atoms with Crippen molar-refractivity contribution in [3.05, 3.63) is 35.9 Å². The molecule has 1 aromatic rings. The largest absolute Gasteiger partial charge is 0.395 e. The monoisotopic (exact) mass is 301 g/mol. The zero-order valence-corrected chi connectivity index (χ0v) is 12.2. The molecule has 1 aromatic carbocycles. The number of rotatable bonds is 4. The van der Waals surface area contributed by atoms with Gasteiger partial charge in [-0.3, -0.25) is 0 Å². The Morgan fingerprint density at radius 2 is 1.90 bits per heavy atom. The predicted molar refractivity (Wildman–Crippen MR) is 76.1 cm³/mol. The van der Waals surface area contributed by atoms with Gasteiger partial charge >= 0.3 is 6.18 Å². The first-order valence-corrected chi connectivity index (χ1v) is 7.30. The van der Waals surface area contributed by atoms with Crippen molar-refractivity contribution in [2.45, 2.75) is 31.4 Å². The van der Waals surface area contributed by atoms with Crippen LogP contribution < -0.4 is 0 Å². The van der Waals surface area contributed by atoms with Crippen molar-refractivity contribution in [3.63, 3.8) is 0 Å². The minimum absolute atomic E-state index is 0.0337. The molecule has 1 N–H and O–H groups in total. The van der Waals surface area contributed by atoms with Crippen molar-refractivity contribution in [1.82, 2.24) is 4.90 Å². The fourth-order valence-electron chi connectivity index (χ4n) is 3.03. The van der Waals surface area contributed by atoms with E-state index in [9.17, 15) is 18.3 Å². The van der Waals surface area contributed by atoms with E-state index in [2.05, 4.69) is 0 Å². The lowest BCUT2D eigenvalue weighted by molar-refractivity contribution is -0.187. The number of piperidine rings is 1. The first-order valence-electron chi connectivity index (χ1n) is 7.30. The summed E-state index contributed by atoms with van der Waals surface area (Å²) in [4.78, 5) is 1.84. The molecule has 1 aliphatic rings. The zero-order chi connectivity index (χ0) is 15.5. The van der Waals surface area contributed by atoms with E-state index < -0.39 is 17.5 Å². The van der Waals surface area contributed by atoms with Crippen LogP contribution in [-0.2, 0) is 5.41 Å². The number of nitrogens with zero attached hydrogens (tertiary/aromatic N) is 1. The van der Waals surface area contributed by atoms with Gasteiger partial charge in [0.1, 0.15) is 0 Å². The van der Waals surface area contributed by atoms with Crippen LogP contribution in [0.25, 0.3) is 0 Å². The second kappa shape index (κ2) is 6.36. The van der Waals surface area contributed by atoms with E-state index in [0.29, 0.717) is 19.5 Å². The van der Waals surface area contributed by atoms with Crippen LogP contribution in [-0.4, -0.2) is 42.4 Å². The van der Waals surface area contributed by atoms with Gasteiger partial charge in [0.25, 0.3) is 0 Å². The second-order valence-corrected chi connectivity index (χ2v) is 6.20. The smallest absolute Gasteiger partial charge is 0.393 e. The molecule has 2 nitrogen and oxygen atoms in total. The van der Waals surface area contributed by atoms with E-state index in [1.165, 1.54) is 0 Å². The molecule has 2 unspecified atom stereocenters. The summed E-state index contributed by atoms with van der Waals surface area (Å²) >= 11 is 0. The zero-order valence-electron chi connectivity index (χ0n) is 12.2. The molecule has 2 atom stereocenters. The molecule has 0 bridgehead atoms. The second-order valence-electron chi connectivity index (χ2n) is 6.20. The van der Waals surface area contributed by atoms with E-state index in [0.717, 1.165) is 5.56 Å². The number of hydrogen-bond acceptors (Lipinski definition) is 2. The van der Waals surface area contributed by atoms with Crippen LogP contribution in [0.5, 0.6) is 0 Å². The molecule has 0 amide bonds. The summed E-state index contributed by atoms with van der Waals surface area (Å²) in [6.45, 7) is 2.96. The first-order chi connectivity index (χ1) is 9.85. The van der Waals surface area contributed by atoms with Crippen molar-refractivity contribution >= 4 is 0 Å². The normalized spacial score (nSPS) is 23.8. The minimum Gasteiger partial charge on any atom is -0.395 e. The van der Waals surface area contributed by atoms with Crippen molar-refractivity contribution in [1.29, 1.82) is 0 Å². The Morgan fingerprint density at radius 3 is 2.48 bits per heavy atom. The number of aliphatic hydroxyl groups excluding tert-OH is 1. The van der Waals surface area contributed by atoms with Crippen LogP contribution >= 0.6 is 0 Å². The van der Waals surface area contributed by atoms with Crippen LogP contribution in [0.4, 0.5) is 13.2 Å². The van der Waals surface area contributed by atoms with E-state index in [1.54, 1.807) is 0 Å². The van der Waals surface area contributed by atoms with Crippen LogP contribution in [0.1, 0.15) is 25.3 Å². The van der Waals surface area contributed by atoms with Gasteiger partial charge in [0, 0.05) is 18.5 Å². The molecule has 1 aliphatic heterocycles. The summed E-state index contributed by atoms with van der Waals surface area (Å²) in [5.74, 6) is -1.25. The Morgan fingerprint density at radius 1 is 1.24 bits per heavy atom. The molecular formula is C16H22F3NO. The highest BCUT2D eigenvalue weighted by molar-refractivity contribution is 5.25. The van der Waals surface area contributed by atoms with Crippen LogP contribution in [0, 0.1) is 5.92 Å². The van der Waals surface area contributed by atoms with Crippen LogP contribution in [0.2, 0.25) is 0 Å². The summed E-state index contributed by atoms with van der Waals surface area (Å²) in [5, 5.41) is 9.75. The van der Waals surface area contributed by atoms with Gasteiger partial charge in [0.15, 0.2) is 0 Å². The van der Waals surface area contributed by atoms with E-state index in [-0.39, 0.29) is 19.6 Å². The Kier molecular flexibility index (Phi) is 4.94. The summed E-state index contributed by atoms with van der Waals surface area (Å²) in [5.41, 5.74) is 0.427. The van der Waals surface area contributed by atoms with Gasteiger partial charge in [-0.15, -0.1) is 0 Å². The molecule has 0 saturated carbocycles. The van der Waals surface area contributed by atoms with Crippen molar-refractivity contribution in [3.8, 4) is 0 Å². The third-order valence-electron chi connectivity index (χ3n) is 4.36. The fourth-order valence-corrected chi connectivity index (χ4v) is 3.03. The average Bonchev–Trinajstić information content (AvgIpc) is 2.47. The van der Waals surface area contributed by atoms with Crippen molar-refractivity contribution in [2.24, 2.45) is 5.92 Å². The lowest BCUT2D eigenvalue weighted by atomic mass is 9.82. The van der Waals surface area contributed by atoms with E-state index >= 15 is 0 Å². The molecule has 0 aromatic heterocycles. The maximum absolute atomic E-state index is 12.9. The highest BCUT2D eigenvalue weighted by Gasteiger charge is 2.42. The van der Waals surface area contributed by atoms with E-state index in [1.807, 2.05) is 42.2 Å². The lowest BCUT2D eigenvalue weighted by Crippen LogP contribution is -2.48. The molecular weight excluding hydrogens is 279 g/mol. The van der Waals surface area contributed by atoms with Gasteiger partial charge < -0.3 is 10.0 Å². The number of likely N-dealkylation sites (tertiary alicyclic amines) is 1. The van der Waals surface area contributed by atoms with E-state index in [4.69, 9.17) is 0 Å². The van der Waals surface area contributed by atoms with Crippen LogP contribution in [0.3, 0.4) is 0 Å². The molecule has 1 saturated heterocycles. The first kappa shape index (κ1) is 16.3. The average molecular weight is 301 g/mol. The summed E-state index contributed by atoms with van der Waals surface area (Å²) in [6, 6.07) is 9.50. The maximum atomic E-state index is 12.9. The van der Waals surface area contributed by atoms with Gasteiger partial charge in [0.2, 0.25) is 0 Å². The number of hydrogen-bond donors (Lipinski definition) is 1. The number of benzene rings is 1. The molecule has 0 spiro atoms. The Balaban J connectivity index is 2.08. The molecule has 118 valence electrons. The summed E-state index contributed by atoms with van der Waals surface area (Å²) in [6.07, 6.45) is -3.36. The quantitative estimate of drug-likeness (QED) is 0.923. The van der Waals surface area contributed by atoms with Gasteiger partial charge in [-0.25, -0.2) is 0 Å². The maximum Gasteiger partial charge on any atom is 0.393 e. The molecule has 1 heterocycles. The Hall–Kier alpha value is -1.07. The SMILES string of the molecule is CC(CO)(CN1CCCC(C(F)(F)F)C1)c1ccccc1. The molecule has 2 rings (SSSR count). The third kappa shape index (κ3) is 3.98. The Bertz CT molecular complexity index is 449. The highest BCUT2D eigenvalue weighted by atomic mass is 19.4. The molecule has 21 heavy (non-hydrogen) atoms. The Labute approximate surface area is 123 Å². The molecule has 1 fully saturated rings. The van der Waals surface area contributed by atoms with Crippen molar-refractivity contribution in [2.75, 3.05) is 26.2 Å². The van der Waals surface area contributed by atoms with Crippen LogP contribution in [0.15, 0.2) is 30.3 Å². The molecule has 0 aliphatic carbocycles. The third-order valence-corrected chi connectivity index (χ3v) is 4.36. The number of halogens is 3. The standard InChI is InChI=1S/C16H22F3NO/c1-15(12-21,13-6-3-2-4-7-13)11-20-9-5-8-14(10-20)16(17,18)19/h2-4,6-7,14,21H,5,8-12H2,1H3. The summed E-state index contributed by atoms with van der Waals surface area (Å²) in [7, 11) is 0. The highest BCUT2D eigenvalue weighted by Crippen LogP contribution is 2.34. The number of alkyl halides is 3. The van der Waals surface area contributed by atoms with Gasteiger partial charge in [-0.05, 0) is 24.9 Å². The van der Waals surface area contributed by atoms with Gasteiger partial charge in [0.05, 0.1) is 12.5 Å². The van der Waals surface area contributed by atoms with Gasteiger partial charge in [-0.1, -0.05) is 37.3 Å². The number of aliphatic hydroxyl groups is 1. The summed E-state index contributed by atoms with van der Waals surface area (Å²) < 4.78 is 38.6. The van der Waals surface area contributed by atoms with Gasteiger partial charge in [-0.2, -0.15) is 13.2 Å². The van der Waals surface area contributed by atoms with Crippen molar-refractivity contribution < 1.29 is 18.3 Å². The topological polar surface area (TPSA) is 23.5 Å². The predicted octanol–water partition coefficient (Wildman–Crippen LogP) is 3.21. The minimum atomic E-state index is -4.12. The lowest BCUT2D eigenvalue weighted by Gasteiger charge is -2.39. The fraction of sp³-hybridized carbons (Fsp3) is 0.625. The molecule has 5 heteroatoms.